The lowest BCUT2D eigenvalue weighted by atomic mass is 10.1. The van der Waals surface area contributed by atoms with Crippen molar-refractivity contribution in [2.45, 2.75) is 12.3 Å². The van der Waals surface area contributed by atoms with Crippen molar-refractivity contribution in [3.8, 4) is 0 Å². The number of aromatic nitrogens is 2. The van der Waals surface area contributed by atoms with E-state index in [0.717, 1.165) is 24.6 Å². The second kappa shape index (κ2) is 3.49. The first-order valence-electron chi connectivity index (χ1n) is 5.66. The highest BCUT2D eigenvalue weighted by Gasteiger charge is 2.23. The number of hydrogen-bond acceptors (Lipinski definition) is 3. The van der Waals surface area contributed by atoms with Crippen LogP contribution in [0.4, 0.5) is 5.82 Å². The molecule has 0 amide bonds. The summed E-state index contributed by atoms with van der Waals surface area (Å²) in [6, 6.07) is 5.85. The lowest BCUT2D eigenvalue weighted by molar-refractivity contribution is 0.411. The zero-order valence-electron chi connectivity index (χ0n) is 9.43. The number of likely N-dealkylation sites (N-methyl/N-ethyl adjacent to an activating group) is 1. The lowest BCUT2D eigenvalue weighted by Gasteiger charge is -2.06. The Morgan fingerprint density at radius 3 is 3.00 bits per heavy atom. The Bertz CT molecular complexity index is 517. The molecule has 4 heteroatoms. The van der Waals surface area contributed by atoms with Crippen molar-refractivity contribution in [3.05, 3.63) is 30.1 Å². The van der Waals surface area contributed by atoms with E-state index >= 15 is 0 Å². The predicted octanol–water partition coefficient (Wildman–Crippen LogP) is 1.34. The highest BCUT2D eigenvalue weighted by Crippen LogP contribution is 2.26. The van der Waals surface area contributed by atoms with Crippen molar-refractivity contribution in [3.63, 3.8) is 0 Å². The molecule has 3 rings (SSSR count). The fourth-order valence-electron chi connectivity index (χ4n) is 2.42. The summed E-state index contributed by atoms with van der Waals surface area (Å²) in [6.45, 7) is 2.26. The van der Waals surface area contributed by atoms with Gasteiger partial charge in [0.15, 0.2) is 0 Å². The van der Waals surface area contributed by atoms with Crippen LogP contribution in [0.3, 0.4) is 0 Å². The number of nitrogens with zero attached hydrogens (tertiary/aromatic N) is 3. The Balaban J connectivity index is 2.02. The molecule has 2 N–H and O–H groups in total. The van der Waals surface area contributed by atoms with Crippen LogP contribution in [-0.2, 0) is 0 Å². The Labute approximate surface area is 94.7 Å². The molecule has 1 saturated heterocycles. The summed E-state index contributed by atoms with van der Waals surface area (Å²) >= 11 is 0. The number of hydrogen-bond donors (Lipinski definition) is 1. The van der Waals surface area contributed by atoms with Crippen LogP contribution in [-0.4, -0.2) is 34.4 Å². The summed E-state index contributed by atoms with van der Waals surface area (Å²) < 4.78 is 1.97. The molecule has 1 fully saturated rings. The number of fused-ring (bicyclic) bond motifs is 1. The summed E-state index contributed by atoms with van der Waals surface area (Å²) in [5.74, 6) is 1.31. The van der Waals surface area contributed by atoms with Gasteiger partial charge >= 0.3 is 0 Å². The van der Waals surface area contributed by atoms with Gasteiger partial charge < -0.3 is 10.6 Å². The average molecular weight is 216 g/mol. The maximum Gasteiger partial charge on any atom is 0.138 e. The first-order valence-corrected chi connectivity index (χ1v) is 5.66. The van der Waals surface area contributed by atoms with Crippen LogP contribution in [0, 0.1) is 0 Å². The van der Waals surface area contributed by atoms with Gasteiger partial charge in [0.2, 0.25) is 0 Å². The van der Waals surface area contributed by atoms with Gasteiger partial charge in [0.1, 0.15) is 11.5 Å². The molecule has 1 aliphatic heterocycles. The minimum atomic E-state index is 0.560. The zero-order chi connectivity index (χ0) is 11.1. The molecule has 0 aliphatic carbocycles. The van der Waals surface area contributed by atoms with Crippen molar-refractivity contribution in [1.29, 1.82) is 0 Å². The first-order chi connectivity index (χ1) is 7.74. The molecule has 4 nitrogen and oxygen atoms in total. The molecule has 3 heterocycles. The maximum atomic E-state index is 5.91. The maximum absolute atomic E-state index is 5.91. The van der Waals surface area contributed by atoms with E-state index in [-0.39, 0.29) is 0 Å². The molecule has 1 unspecified atom stereocenters. The summed E-state index contributed by atoms with van der Waals surface area (Å²) in [7, 11) is 2.16. The van der Waals surface area contributed by atoms with Crippen LogP contribution in [0.1, 0.15) is 18.0 Å². The van der Waals surface area contributed by atoms with Gasteiger partial charge in [-0.2, -0.15) is 0 Å². The van der Waals surface area contributed by atoms with Gasteiger partial charge in [-0.3, -0.25) is 4.40 Å². The lowest BCUT2D eigenvalue weighted by Crippen LogP contribution is -2.13. The van der Waals surface area contributed by atoms with Crippen molar-refractivity contribution in [2.75, 3.05) is 25.9 Å². The van der Waals surface area contributed by atoms with E-state index < -0.39 is 0 Å². The third-order valence-corrected chi connectivity index (χ3v) is 3.35. The van der Waals surface area contributed by atoms with Crippen LogP contribution in [0.5, 0.6) is 0 Å². The Hall–Kier alpha value is -1.55. The second-order valence-corrected chi connectivity index (χ2v) is 4.59. The smallest absolute Gasteiger partial charge is 0.138 e. The fourth-order valence-corrected chi connectivity index (χ4v) is 2.42. The predicted molar refractivity (Wildman–Crippen MR) is 64.5 cm³/mol. The van der Waals surface area contributed by atoms with Crippen LogP contribution in [0.15, 0.2) is 24.4 Å². The molecule has 2 aromatic rings. The number of likely N-dealkylation sites (tertiary alicyclic amines) is 1. The number of anilines is 1. The van der Waals surface area contributed by atoms with Crippen molar-refractivity contribution < 1.29 is 0 Å². The number of pyridine rings is 1. The normalized spacial score (nSPS) is 21.9. The molecule has 2 aromatic heterocycles. The molecular formula is C12H16N4. The third kappa shape index (κ3) is 1.46. The molecule has 1 aliphatic rings. The van der Waals surface area contributed by atoms with Gasteiger partial charge in [0.05, 0.1) is 5.69 Å². The highest BCUT2D eigenvalue weighted by atomic mass is 15.1. The topological polar surface area (TPSA) is 46.6 Å². The van der Waals surface area contributed by atoms with E-state index in [0.29, 0.717) is 5.92 Å². The quantitative estimate of drug-likeness (QED) is 0.782. The minimum absolute atomic E-state index is 0.560. The number of rotatable bonds is 1. The molecule has 0 bridgehead atoms. The van der Waals surface area contributed by atoms with Crippen LogP contribution in [0.25, 0.3) is 5.65 Å². The van der Waals surface area contributed by atoms with Crippen LogP contribution in [0.2, 0.25) is 0 Å². The SMILES string of the molecule is CN1CCC(c2cn3c(N)cccc3n2)C1. The molecule has 0 saturated carbocycles. The van der Waals surface area contributed by atoms with E-state index in [9.17, 15) is 0 Å². The van der Waals surface area contributed by atoms with E-state index in [2.05, 4.69) is 23.1 Å². The molecule has 0 radical (unpaired) electrons. The van der Waals surface area contributed by atoms with E-state index in [1.165, 1.54) is 12.1 Å². The number of imidazole rings is 1. The zero-order valence-corrected chi connectivity index (χ0v) is 9.43. The Kier molecular flexibility index (Phi) is 2.11. The molecular weight excluding hydrogens is 200 g/mol. The van der Waals surface area contributed by atoms with Crippen LogP contribution < -0.4 is 5.73 Å². The number of nitrogen functional groups attached to an aromatic ring is 1. The summed E-state index contributed by atoms with van der Waals surface area (Å²) in [5.41, 5.74) is 8.03. The molecule has 1 atom stereocenters. The molecule has 0 spiro atoms. The van der Waals surface area contributed by atoms with Crippen molar-refractivity contribution in [1.82, 2.24) is 14.3 Å². The Morgan fingerprint density at radius 2 is 2.31 bits per heavy atom. The summed E-state index contributed by atoms with van der Waals surface area (Å²) in [4.78, 5) is 6.99. The van der Waals surface area contributed by atoms with Crippen molar-refractivity contribution in [2.24, 2.45) is 0 Å². The summed E-state index contributed by atoms with van der Waals surface area (Å²) in [6.07, 6.45) is 3.27. The van der Waals surface area contributed by atoms with Gasteiger partial charge in [0.25, 0.3) is 0 Å². The van der Waals surface area contributed by atoms with Gasteiger partial charge in [-0.15, -0.1) is 0 Å². The van der Waals surface area contributed by atoms with Gasteiger partial charge in [-0.05, 0) is 32.1 Å². The standard InChI is InChI=1S/C12H16N4/c1-15-6-5-9(7-15)10-8-16-11(13)3-2-4-12(16)14-10/h2-4,8-9H,5-7,13H2,1H3. The van der Waals surface area contributed by atoms with Gasteiger partial charge in [0, 0.05) is 18.7 Å². The fraction of sp³-hybridized carbons (Fsp3) is 0.417. The van der Waals surface area contributed by atoms with Crippen LogP contribution >= 0.6 is 0 Å². The van der Waals surface area contributed by atoms with E-state index in [1.807, 2.05) is 22.6 Å². The van der Waals surface area contributed by atoms with E-state index in [1.54, 1.807) is 0 Å². The van der Waals surface area contributed by atoms with Gasteiger partial charge in [-0.25, -0.2) is 4.98 Å². The first kappa shape index (κ1) is 9.66. The highest BCUT2D eigenvalue weighted by molar-refractivity contribution is 5.49. The third-order valence-electron chi connectivity index (χ3n) is 3.35. The molecule has 0 aromatic carbocycles. The molecule has 16 heavy (non-hydrogen) atoms. The summed E-state index contributed by atoms with van der Waals surface area (Å²) in [5, 5.41) is 0. The van der Waals surface area contributed by atoms with Crippen molar-refractivity contribution >= 4 is 11.5 Å². The number of nitrogens with two attached hydrogens (primary N) is 1. The molecule has 84 valence electrons. The average Bonchev–Trinajstić information content (AvgIpc) is 2.84. The van der Waals surface area contributed by atoms with E-state index in [4.69, 9.17) is 5.73 Å². The Morgan fingerprint density at radius 1 is 1.44 bits per heavy atom. The second-order valence-electron chi connectivity index (χ2n) is 4.59. The van der Waals surface area contributed by atoms with Gasteiger partial charge in [-0.1, -0.05) is 6.07 Å². The monoisotopic (exact) mass is 216 g/mol. The largest absolute Gasteiger partial charge is 0.385 e. The minimum Gasteiger partial charge on any atom is -0.385 e.